The van der Waals surface area contributed by atoms with Gasteiger partial charge >= 0.3 is 0 Å². The van der Waals surface area contributed by atoms with Crippen molar-refractivity contribution in [2.24, 2.45) is 11.8 Å². The molecule has 1 fully saturated rings. The van der Waals surface area contributed by atoms with Crippen molar-refractivity contribution in [2.45, 2.75) is 46.6 Å². The number of carbonyl (C=O) groups excluding carboxylic acids is 2. The van der Waals surface area contributed by atoms with Crippen molar-refractivity contribution in [3.05, 3.63) is 29.6 Å². The van der Waals surface area contributed by atoms with Gasteiger partial charge in [-0.15, -0.1) is 0 Å². The molecule has 2 rings (SSSR count). The third-order valence-electron chi connectivity index (χ3n) is 4.31. The van der Waals surface area contributed by atoms with Crippen LogP contribution in [0.1, 0.15) is 44.5 Å². The number of carbonyl (C=O) groups is 2. The lowest BCUT2D eigenvalue weighted by molar-refractivity contribution is -0.136. The maximum absolute atomic E-state index is 12.1. The number of amides is 2. The number of nitrogens with one attached hydrogen (secondary N) is 1. The van der Waals surface area contributed by atoms with Gasteiger partial charge in [0.15, 0.2) is 0 Å². The molecule has 2 amide bonds. The molecule has 5 nitrogen and oxygen atoms in total. The molecule has 0 saturated carbocycles. The number of hydrogen-bond acceptors (Lipinski definition) is 3. The van der Waals surface area contributed by atoms with Gasteiger partial charge in [-0.1, -0.05) is 19.9 Å². The Morgan fingerprint density at radius 1 is 1.30 bits per heavy atom. The van der Waals surface area contributed by atoms with Crippen LogP contribution < -0.4 is 5.32 Å². The summed E-state index contributed by atoms with van der Waals surface area (Å²) in [6, 6.07) is 5.81. The number of pyridine rings is 1. The topological polar surface area (TPSA) is 62.3 Å². The summed E-state index contributed by atoms with van der Waals surface area (Å²) in [6.07, 6.45) is 2.36. The summed E-state index contributed by atoms with van der Waals surface area (Å²) in [7, 11) is 0. The van der Waals surface area contributed by atoms with Gasteiger partial charge < -0.3 is 10.2 Å². The fourth-order valence-corrected chi connectivity index (χ4v) is 2.94. The first-order valence-electron chi connectivity index (χ1n) is 8.43. The SMILES string of the molecule is Cc1cccc(CNC(=O)CC2CCN(C(=O)C(C)C)CC2)n1. The Balaban J connectivity index is 1.71. The van der Waals surface area contributed by atoms with Gasteiger partial charge in [0.05, 0.1) is 12.2 Å². The van der Waals surface area contributed by atoms with E-state index in [0.717, 1.165) is 37.3 Å². The highest BCUT2D eigenvalue weighted by atomic mass is 16.2. The van der Waals surface area contributed by atoms with Crippen molar-refractivity contribution >= 4 is 11.8 Å². The zero-order valence-corrected chi connectivity index (χ0v) is 14.3. The summed E-state index contributed by atoms with van der Waals surface area (Å²) >= 11 is 0. The fraction of sp³-hybridized carbons (Fsp3) is 0.611. The minimum atomic E-state index is 0.0525. The van der Waals surface area contributed by atoms with E-state index >= 15 is 0 Å². The molecule has 126 valence electrons. The maximum Gasteiger partial charge on any atom is 0.225 e. The van der Waals surface area contributed by atoms with Crippen LogP contribution in [0.5, 0.6) is 0 Å². The average Bonchev–Trinajstić information content (AvgIpc) is 2.53. The smallest absolute Gasteiger partial charge is 0.225 e. The lowest BCUT2D eigenvalue weighted by Crippen LogP contribution is -2.41. The number of rotatable bonds is 5. The highest BCUT2D eigenvalue weighted by Crippen LogP contribution is 2.21. The summed E-state index contributed by atoms with van der Waals surface area (Å²) in [5.41, 5.74) is 1.84. The maximum atomic E-state index is 12.1. The first kappa shape index (κ1) is 17.4. The van der Waals surface area contributed by atoms with Crippen LogP contribution in [0.25, 0.3) is 0 Å². The van der Waals surface area contributed by atoms with Crippen molar-refractivity contribution in [3.63, 3.8) is 0 Å². The van der Waals surface area contributed by atoms with Crippen LogP contribution in [0.2, 0.25) is 0 Å². The predicted molar refractivity (Wildman–Crippen MR) is 89.6 cm³/mol. The van der Waals surface area contributed by atoms with Gasteiger partial charge in [0.25, 0.3) is 0 Å². The summed E-state index contributed by atoms with van der Waals surface area (Å²) in [5, 5.41) is 2.94. The van der Waals surface area contributed by atoms with E-state index in [9.17, 15) is 9.59 Å². The second-order valence-electron chi connectivity index (χ2n) is 6.67. The molecule has 0 aromatic carbocycles. The van der Waals surface area contributed by atoms with E-state index in [-0.39, 0.29) is 17.7 Å². The Hall–Kier alpha value is -1.91. The molecule has 0 unspecified atom stereocenters. The van der Waals surface area contributed by atoms with Crippen molar-refractivity contribution in [1.29, 1.82) is 0 Å². The molecule has 1 aliphatic rings. The number of nitrogens with zero attached hydrogens (tertiary/aromatic N) is 2. The van der Waals surface area contributed by atoms with Gasteiger partial charge in [0, 0.05) is 31.1 Å². The summed E-state index contributed by atoms with van der Waals surface area (Å²) < 4.78 is 0. The highest BCUT2D eigenvalue weighted by Gasteiger charge is 2.25. The van der Waals surface area contributed by atoms with E-state index in [0.29, 0.717) is 18.9 Å². The Labute approximate surface area is 138 Å². The van der Waals surface area contributed by atoms with Crippen molar-refractivity contribution in [1.82, 2.24) is 15.2 Å². The Kier molecular flexibility index (Phi) is 6.13. The lowest BCUT2D eigenvalue weighted by Gasteiger charge is -2.32. The molecular weight excluding hydrogens is 290 g/mol. The van der Waals surface area contributed by atoms with E-state index < -0.39 is 0 Å². The van der Waals surface area contributed by atoms with Crippen molar-refractivity contribution in [3.8, 4) is 0 Å². The molecule has 1 N–H and O–H groups in total. The molecule has 1 aromatic rings. The number of aromatic nitrogens is 1. The highest BCUT2D eigenvalue weighted by molar-refractivity contribution is 5.78. The Bertz CT molecular complexity index is 549. The van der Waals surface area contributed by atoms with E-state index in [2.05, 4.69) is 10.3 Å². The third kappa shape index (κ3) is 5.34. The van der Waals surface area contributed by atoms with Gasteiger partial charge in [-0.2, -0.15) is 0 Å². The van der Waals surface area contributed by atoms with Gasteiger partial charge in [0.1, 0.15) is 0 Å². The number of likely N-dealkylation sites (tertiary alicyclic amines) is 1. The normalized spacial score (nSPS) is 15.7. The average molecular weight is 317 g/mol. The number of aryl methyl sites for hydroxylation is 1. The first-order chi connectivity index (χ1) is 11.0. The Morgan fingerprint density at radius 3 is 2.61 bits per heavy atom. The standard InChI is InChI=1S/C18H27N3O2/c1-13(2)18(23)21-9-7-15(8-10-21)11-17(22)19-12-16-6-4-5-14(3)20-16/h4-6,13,15H,7-12H2,1-3H3,(H,19,22). The molecule has 1 saturated heterocycles. The summed E-state index contributed by atoms with van der Waals surface area (Å²) in [5.74, 6) is 0.716. The molecule has 1 aromatic heterocycles. The van der Waals surface area contributed by atoms with Crippen LogP contribution in [0.3, 0.4) is 0 Å². The molecule has 0 spiro atoms. The predicted octanol–water partition coefficient (Wildman–Crippen LogP) is 2.29. The molecule has 1 aliphatic heterocycles. The van der Waals surface area contributed by atoms with Crippen LogP contribution in [-0.2, 0) is 16.1 Å². The van der Waals surface area contributed by atoms with Gasteiger partial charge in [-0.25, -0.2) is 0 Å². The minimum absolute atomic E-state index is 0.0525. The van der Waals surface area contributed by atoms with Crippen LogP contribution in [0.15, 0.2) is 18.2 Å². The first-order valence-corrected chi connectivity index (χ1v) is 8.43. The monoisotopic (exact) mass is 317 g/mol. The van der Waals surface area contributed by atoms with Crippen LogP contribution >= 0.6 is 0 Å². The molecule has 2 heterocycles. The van der Waals surface area contributed by atoms with Crippen LogP contribution in [0.4, 0.5) is 0 Å². The quantitative estimate of drug-likeness (QED) is 0.906. The summed E-state index contributed by atoms with van der Waals surface area (Å²) in [6.45, 7) is 7.83. The summed E-state index contributed by atoms with van der Waals surface area (Å²) in [4.78, 5) is 30.3. The molecule has 23 heavy (non-hydrogen) atoms. The zero-order chi connectivity index (χ0) is 16.8. The van der Waals surface area contributed by atoms with Crippen molar-refractivity contribution < 1.29 is 9.59 Å². The van der Waals surface area contributed by atoms with Gasteiger partial charge in [-0.3, -0.25) is 14.6 Å². The lowest BCUT2D eigenvalue weighted by atomic mass is 9.92. The largest absolute Gasteiger partial charge is 0.350 e. The van der Waals surface area contributed by atoms with Gasteiger partial charge in [0.2, 0.25) is 11.8 Å². The van der Waals surface area contributed by atoms with E-state index in [1.165, 1.54) is 0 Å². The van der Waals surface area contributed by atoms with E-state index in [1.807, 2.05) is 43.9 Å². The fourth-order valence-electron chi connectivity index (χ4n) is 2.94. The molecule has 0 bridgehead atoms. The third-order valence-corrected chi connectivity index (χ3v) is 4.31. The molecule has 0 aliphatic carbocycles. The Morgan fingerprint density at radius 2 is 2.00 bits per heavy atom. The molecule has 0 radical (unpaired) electrons. The van der Waals surface area contributed by atoms with Crippen LogP contribution in [0, 0.1) is 18.8 Å². The molecule has 0 atom stereocenters. The van der Waals surface area contributed by atoms with E-state index in [4.69, 9.17) is 0 Å². The second-order valence-corrected chi connectivity index (χ2v) is 6.67. The second kappa shape index (κ2) is 8.09. The number of hydrogen-bond donors (Lipinski definition) is 1. The number of piperidine rings is 1. The van der Waals surface area contributed by atoms with Crippen LogP contribution in [-0.4, -0.2) is 34.8 Å². The molecule has 5 heteroatoms. The van der Waals surface area contributed by atoms with Crippen molar-refractivity contribution in [2.75, 3.05) is 13.1 Å². The van der Waals surface area contributed by atoms with E-state index in [1.54, 1.807) is 0 Å². The molecular formula is C18H27N3O2. The minimum Gasteiger partial charge on any atom is -0.350 e. The zero-order valence-electron chi connectivity index (χ0n) is 14.3. The van der Waals surface area contributed by atoms with Gasteiger partial charge in [-0.05, 0) is 37.8 Å².